The number of hydrogen-bond acceptors (Lipinski definition) is 8. The molecule has 0 saturated carbocycles. The summed E-state index contributed by atoms with van der Waals surface area (Å²) in [6, 6.07) is 8.57. The average Bonchev–Trinajstić information content (AvgIpc) is 3.66. The highest BCUT2D eigenvalue weighted by atomic mass is 16.5. The highest BCUT2D eigenvalue weighted by Crippen LogP contribution is 2.21. The van der Waals surface area contributed by atoms with E-state index in [0.29, 0.717) is 18.9 Å². The van der Waals surface area contributed by atoms with Crippen molar-refractivity contribution in [2.45, 2.75) is 32.4 Å². The van der Waals surface area contributed by atoms with Crippen LogP contribution in [0, 0.1) is 0 Å². The van der Waals surface area contributed by atoms with Crippen molar-refractivity contribution in [3.63, 3.8) is 0 Å². The predicted molar refractivity (Wildman–Crippen MR) is 140 cm³/mol. The first-order valence-corrected chi connectivity index (χ1v) is 12.9. The summed E-state index contributed by atoms with van der Waals surface area (Å²) in [5, 5.41) is 13.1. The van der Waals surface area contributed by atoms with Gasteiger partial charge < -0.3 is 19.9 Å². The maximum absolute atomic E-state index is 11.8. The number of ether oxygens (including phenoxy) is 1. The Morgan fingerprint density at radius 2 is 1.95 bits per heavy atom. The van der Waals surface area contributed by atoms with Gasteiger partial charge in [0.25, 0.3) is 0 Å². The lowest BCUT2D eigenvalue weighted by molar-refractivity contribution is -0.127. The van der Waals surface area contributed by atoms with Gasteiger partial charge in [-0.15, -0.1) is 0 Å². The summed E-state index contributed by atoms with van der Waals surface area (Å²) in [4.78, 5) is 25.3. The summed E-state index contributed by atoms with van der Waals surface area (Å²) in [7, 11) is 0. The average molecular weight is 502 g/mol. The number of nitrogens with zero attached hydrogens (tertiary/aromatic N) is 8. The second kappa shape index (κ2) is 10.6. The molecule has 0 spiro atoms. The maximum Gasteiger partial charge on any atom is 0.229 e. The number of morpholine rings is 1. The van der Waals surface area contributed by atoms with Gasteiger partial charge in [0.2, 0.25) is 11.9 Å². The lowest BCUT2D eigenvalue weighted by atomic mass is 10.2. The van der Waals surface area contributed by atoms with Crippen LogP contribution in [-0.2, 0) is 22.6 Å². The van der Waals surface area contributed by atoms with Crippen molar-refractivity contribution in [1.82, 2.24) is 34.4 Å². The molecule has 2 aliphatic heterocycles. The topological polar surface area (TPSA) is 106 Å². The number of fused-ring (bicyclic) bond motifs is 1. The predicted octanol–water partition coefficient (Wildman–Crippen LogP) is 2.66. The van der Waals surface area contributed by atoms with Crippen molar-refractivity contribution in [2.75, 3.05) is 49.6 Å². The molecule has 37 heavy (non-hydrogen) atoms. The van der Waals surface area contributed by atoms with E-state index in [1.54, 1.807) is 18.6 Å². The summed E-state index contributed by atoms with van der Waals surface area (Å²) >= 11 is 0. The number of amides is 1. The van der Waals surface area contributed by atoms with Gasteiger partial charge in [-0.05, 0) is 30.5 Å². The molecule has 0 unspecified atom stereocenters. The highest BCUT2D eigenvalue weighted by molar-refractivity contribution is 5.78. The highest BCUT2D eigenvalue weighted by Gasteiger charge is 2.19. The normalized spacial score (nSPS) is 16.2. The number of carbonyl (C=O) groups excluding carboxylic acids is 1. The number of carbonyl (C=O) groups is 1. The smallest absolute Gasteiger partial charge is 0.229 e. The minimum atomic E-state index is 0.263. The third kappa shape index (κ3) is 5.41. The summed E-state index contributed by atoms with van der Waals surface area (Å²) < 4.78 is 9.27. The number of nitrogens with one attached hydrogen (secondary N) is 1. The third-order valence-corrected chi connectivity index (χ3v) is 6.87. The first-order valence-electron chi connectivity index (χ1n) is 12.9. The maximum atomic E-state index is 11.8. The van der Waals surface area contributed by atoms with Crippen molar-refractivity contribution >= 4 is 34.3 Å². The van der Waals surface area contributed by atoms with Crippen LogP contribution in [-0.4, -0.2) is 79.7 Å². The van der Waals surface area contributed by atoms with E-state index in [-0.39, 0.29) is 5.91 Å². The van der Waals surface area contributed by atoms with Crippen LogP contribution in [0.4, 0.5) is 17.3 Å². The molecule has 5 heterocycles. The van der Waals surface area contributed by atoms with Gasteiger partial charge in [-0.25, -0.2) is 9.67 Å². The van der Waals surface area contributed by atoms with E-state index in [1.165, 1.54) is 11.3 Å². The molecule has 2 fully saturated rings. The Bertz CT molecular complexity index is 1380. The van der Waals surface area contributed by atoms with Crippen LogP contribution in [0.1, 0.15) is 24.8 Å². The fraction of sp³-hybridized carbons (Fsp3) is 0.423. The van der Waals surface area contributed by atoms with Gasteiger partial charge >= 0.3 is 0 Å². The molecule has 2 aliphatic rings. The Labute approximate surface area is 215 Å². The molecule has 0 atom stereocenters. The number of rotatable bonds is 9. The molecule has 1 amide bonds. The number of anilines is 3. The first kappa shape index (κ1) is 23.4. The van der Waals surface area contributed by atoms with E-state index in [1.807, 2.05) is 20.5 Å². The Hall–Kier alpha value is -3.99. The Kier molecular flexibility index (Phi) is 6.68. The fourth-order valence-corrected chi connectivity index (χ4v) is 4.93. The Morgan fingerprint density at radius 1 is 1.03 bits per heavy atom. The second-order valence-electron chi connectivity index (χ2n) is 9.50. The van der Waals surface area contributed by atoms with Gasteiger partial charge in [0.05, 0.1) is 43.2 Å². The SMILES string of the molecule is O=C1CCCN1CCCn1cc(Nc2ncc3cnn(Cc4cccc(N5CCOCC5)c4)c3n2)cn1. The van der Waals surface area contributed by atoms with Crippen LogP contribution in [0.5, 0.6) is 0 Å². The zero-order valence-electron chi connectivity index (χ0n) is 20.8. The van der Waals surface area contributed by atoms with Crippen LogP contribution in [0.25, 0.3) is 11.0 Å². The molecule has 4 aromatic rings. The lowest BCUT2D eigenvalue weighted by Crippen LogP contribution is -2.36. The van der Waals surface area contributed by atoms with Gasteiger partial charge in [-0.1, -0.05) is 12.1 Å². The minimum absolute atomic E-state index is 0.263. The summed E-state index contributed by atoms with van der Waals surface area (Å²) in [5.41, 5.74) is 3.97. The van der Waals surface area contributed by atoms with Gasteiger partial charge in [0, 0.05) is 57.2 Å². The molecular weight excluding hydrogens is 470 g/mol. The van der Waals surface area contributed by atoms with Crippen molar-refractivity contribution < 1.29 is 9.53 Å². The molecule has 6 rings (SSSR count). The van der Waals surface area contributed by atoms with Crippen molar-refractivity contribution in [3.05, 3.63) is 54.6 Å². The molecule has 3 aromatic heterocycles. The zero-order valence-corrected chi connectivity index (χ0v) is 20.8. The zero-order chi connectivity index (χ0) is 25.0. The van der Waals surface area contributed by atoms with E-state index in [2.05, 4.69) is 49.7 Å². The Balaban J connectivity index is 1.11. The van der Waals surface area contributed by atoms with Crippen molar-refractivity contribution in [2.24, 2.45) is 0 Å². The van der Waals surface area contributed by atoms with Crippen molar-refractivity contribution in [1.29, 1.82) is 0 Å². The number of benzene rings is 1. The van der Waals surface area contributed by atoms with E-state index in [4.69, 9.17) is 9.72 Å². The molecule has 0 radical (unpaired) electrons. The summed E-state index contributed by atoms with van der Waals surface area (Å²) in [5.74, 6) is 0.762. The number of hydrogen-bond donors (Lipinski definition) is 1. The molecule has 11 heteroatoms. The quantitative estimate of drug-likeness (QED) is 0.373. The van der Waals surface area contributed by atoms with Gasteiger partial charge in [-0.2, -0.15) is 15.2 Å². The molecule has 1 aromatic carbocycles. The monoisotopic (exact) mass is 501 g/mol. The number of aromatic nitrogens is 6. The first-order chi connectivity index (χ1) is 18.2. The van der Waals surface area contributed by atoms with E-state index in [0.717, 1.165) is 75.5 Å². The molecule has 0 aliphatic carbocycles. The standard InChI is InChI=1S/C26H31N9O2/c36-24-6-2-7-33(24)8-3-9-34-19-22(17-28-34)30-26-27-15-21-16-29-35(25(21)31-26)18-20-4-1-5-23(14-20)32-10-12-37-13-11-32/h1,4-5,14-17,19H,2-3,6-13,18H2,(H,27,30,31). The second-order valence-corrected chi connectivity index (χ2v) is 9.50. The number of aryl methyl sites for hydroxylation is 1. The summed E-state index contributed by atoms with van der Waals surface area (Å²) in [6.07, 6.45) is 9.82. The van der Waals surface area contributed by atoms with E-state index >= 15 is 0 Å². The van der Waals surface area contributed by atoms with Crippen LogP contribution < -0.4 is 10.2 Å². The van der Waals surface area contributed by atoms with Crippen molar-refractivity contribution in [3.8, 4) is 0 Å². The van der Waals surface area contributed by atoms with Crippen LogP contribution in [0.2, 0.25) is 0 Å². The third-order valence-electron chi connectivity index (χ3n) is 6.87. The van der Waals surface area contributed by atoms with Gasteiger partial charge in [0.15, 0.2) is 5.65 Å². The molecule has 1 N–H and O–H groups in total. The number of likely N-dealkylation sites (tertiary alicyclic amines) is 1. The largest absolute Gasteiger partial charge is 0.378 e. The van der Waals surface area contributed by atoms with E-state index < -0.39 is 0 Å². The molecule has 0 bridgehead atoms. The Morgan fingerprint density at radius 3 is 2.81 bits per heavy atom. The molecule has 2 saturated heterocycles. The fourth-order valence-electron chi connectivity index (χ4n) is 4.93. The van der Waals surface area contributed by atoms with Gasteiger partial charge in [0.1, 0.15) is 0 Å². The van der Waals surface area contributed by atoms with Crippen LogP contribution in [0.15, 0.2) is 49.1 Å². The van der Waals surface area contributed by atoms with E-state index in [9.17, 15) is 4.79 Å². The summed E-state index contributed by atoms with van der Waals surface area (Å²) in [6.45, 7) is 6.37. The van der Waals surface area contributed by atoms with Gasteiger partial charge in [-0.3, -0.25) is 9.48 Å². The molecule has 192 valence electrons. The molecular formula is C26H31N9O2. The minimum Gasteiger partial charge on any atom is -0.378 e. The lowest BCUT2D eigenvalue weighted by Gasteiger charge is -2.29. The van der Waals surface area contributed by atoms with Crippen LogP contribution >= 0.6 is 0 Å². The molecule has 11 nitrogen and oxygen atoms in total. The van der Waals surface area contributed by atoms with Crippen LogP contribution in [0.3, 0.4) is 0 Å².